The van der Waals surface area contributed by atoms with Crippen LogP contribution in [0.25, 0.3) is 0 Å². The third-order valence-corrected chi connectivity index (χ3v) is 2.62. The van der Waals surface area contributed by atoms with Crippen molar-refractivity contribution in [3.05, 3.63) is 0 Å². The topological polar surface area (TPSA) is 119 Å². The van der Waals surface area contributed by atoms with Gasteiger partial charge in [-0.25, -0.2) is 0 Å². The SMILES string of the molecule is N/N=C(\N)SCCCS(=O)(=O)O. The van der Waals surface area contributed by atoms with Gasteiger partial charge in [-0.05, 0) is 6.42 Å². The van der Waals surface area contributed by atoms with E-state index in [-0.39, 0.29) is 10.9 Å². The van der Waals surface area contributed by atoms with Crippen LogP contribution in [0.15, 0.2) is 5.10 Å². The van der Waals surface area contributed by atoms with E-state index in [1.165, 1.54) is 0 Å². The molecule has 0 spiro atoms. The quantitative estimate of drug-likeness (QED) is 0.140. The van der Waals surface area contributed by atoms with E-state index in [9.17, 15) is 8.42 Å². The molecule has 12 heavy (non-hydrogen) atoms. The molecule has 0 rings (SSSR count). The zero-order valence-electron chi connectivity index (χ0n) is 6.30. The Balaban J connectivity index is 3.47. The van der Waals surface area contributed by atoms with Crippen LogP contribution in [0.5, 0.6) is 0 Å². The summed E-state index contributed by atoms with van der Waals surface area (Å²) in [6.45, 7) is 0. The lowest BCUT2D eigenvalue weighted by Crippen LogP contribution is -2.11. The molecule has 0 fully saturated rings. The van der Waals surface area contributed by atoms with E-state index in [2.05, 4.69) is 5.10 Å². The van der Waals surface area contributed by atoms with Crippen molar-refractivity contribution in [2.75, 3.05) is 11.5 Å². The predicted molar refractivity (Wildman–Crippen MR) is 49.3 cm³/mol. The number of amidine groups is 1. The molecule has 8 heteroatoms. The number of thioether (sulfide) groups is 1. The number of hydrogen-bond acceptors (Lipinski definition) is 5. The lowest BCUT2D eigenvalue weighted by Gasteiger charge is -1.97. The van der Waals surface area contributed by atoms with Crippen molar-refractivity contribution in [2.45, 2.75) is 6.42 Å². The first-order valence-corrected chi connectivity index (χ1v) is 5.66. The lowest BCUT2D eigenvalue weighted by molar-refractivity contribution is 0.482. The summed E-state index contributed by atoms with van der Waals surface area (Å²) in [5, 5.41) is 3.37. The van der Waals surface area contributed by atoms with Crippen molar-refractivity contribution in [1.29, 1.82) is 0 Å². The van der Waals surface area contributed by atoms with E-state index in [1.807, 2.05) is 0 Å². The average Bonchev–Trinajstić information content (AvgIpc) is 1.96. The highest BCUT2D eigenvalue weighted by Crippen LogP contribution is 2.02. The first kappa shape index (κ1) is 11.5. The minimum absolute atomic E-state index is 0.199. The summed E-state index contributed by atoms with van der Waals surface area (Å²) in [6.07, 6.45) is 0.319. The molecule has 0 aromatic heterocycles. The molecule has 0 bridgehead atoms. The Labute approximate surface area is 75.1 Å². The molecule has 0 atom stereocenters. The van der Waals surface area contributed by atoms with Gasteiger partial charge in [-0.3, -0.25) is 4.55 Å². The Morgan fingerprint density at radius 2 is 2.17 bits per heavy atom. The molecule has 0 radical (unpaired) electrons. The van der Waals surface area contributed by atoms with Crippen LogP contribution < -0.4 is 11.6 Å². The maximum Gasteiger partial charge on any atom is 0.264 e. The van der Waals surface area contributed by atoms with Gasteiger partial charge in [-0.1, -0.05) is 11.8 Å². The maximum absolute atomic E-state index is 10.2. The Morgan fingerprint density at radius 3 is 2.58 bits per heavy atom. The van der Waals surface area contributed by atoms with E-state index in [1.54, 1.807) is 0 Å². The molecule has 0 aromatic carbocycles. The van der Waals surface area contributed by atoms with Gasteiger partial charge in [0.2, 0.25) is 0 Å². The predicted octanol–water partition coefficient (Wildman–Crippen LogP) is -0.814. The van der Waals surface area contributed by atoms with Crippen molar-refractivity contribution in [3.8, 4) is 0 Å². The van der Waals surface area contributed by atoms with Gasteiger partial charge in [-0.15, -0.1) is 0 Å². The van der Waals surface area contributed by atoms with Gasteiger partial charge in [0, 0.05) is 5.75 Å². The molecular formula is C4H11N3O3S2. The largest absolute Gasteiger partial charge is 0.377 e. The molecule has 0 saturated carbocycles. The summed E-state index contributed by atoms with van der Waals surface area (Å²) in [6, 6.07) is 0. The highest BCUT2D eigenvalue weighted by Gasteiger charge is 2.03. The lowest BCUT2D eigenvalue weighted by atomic mass is 10.6. The molecule has 0 unspecified atom stereocenters. The molecule has 0 saturated heterocycles. The Kier molecular flexibility index (Phi) is 5.02. The monoisotopic (exact) mass is 213 g/mol. The second-order valence-electron chi connectivity index (χ2n) is 1.96. The summed E-state index contributed by atoms with van der Waals surface area (Å²) in [4.78, 5) is 0. The molecule has 6 nitrogen and oxygen atoms in total. The molecule has 0 aliphatic carbocycles. The summed E-state index contributed by atoms with van der Waals surface area (Å²) in [5.74, 6) is 5.01. The number of hydrazone groups is 1. The Hall–Kier alpha value is -0.470. The fraction of sp³-hybridized carbons (Fsp3) is 0.750. The first-order chi connectivity index (χ1) is 5.45. The fourth-order valence-electron chi connectivity index (χ4n) is 0.455. The van der Waals surface area contributed by atoms with Gasteiger partial charge in [0.15, 0.2) is 5.17 Å². The standard InChI is InChI=1S/C4H11N3O3S2/c5-4(7-6)11-2-1-3-12(8,9)10/h1-3,6H2,(H2,5,7)(H,8,9,10). The van der Waals surface area contributed by atoms with Crippen LogP contribution in [-0.2, 0) is 10.1 Å². The van der Waals surface area contributed by atoms with Crippen molar-refractivity contribution in [2.24, 2.45) is 16.7 Å². The van der Waals surface area contributed by atoms with E-state index in [4.69, 9.17) is 16.1 Å². The normalized spacial score (nSPS) is 13.2. The van der Waals surface area contributed by atoms with Gasteiger partial charge < -0.3 is 11.6 Å². The third-order valence-electron chi connectivity index (χ3n) is 0.924. The molecular weight excluding hydrogens is 202 g/mol. The Bertz CT molecular complexity index is 248. The molecule has 0 aliphatic rings. The highest BCUT2D eigenvalue weighted by atomic mass is 32.2. The minimum atomic E-state index is -3.85. The van der Waals surface area contributed by atoms with Crippen LogP contribution in [0.1, 0.15) is 6.42 Å². The van der Waals surface area contributed by atoms with Crippen molar-refractivity contribution >= 4 is 27.0 Å². The summed E-state index contributed by atoms with van der Waals surface area (Å²) in [5.41, 5.74) is 5.20. The van der Waals surface area contributed by atoms with Gasteiger partial charge in [-0.2, -0.15) is 13.5 Å². The smallest absolute Gasteiger partial charge is 0.264 e. The van der Waals surface area contributed by atoms with E-state index >= 15 is 0 Å². The molecule has 5 N–H and O–H groups in total. The van der Waals surface area contributed by atoms with Crippen LogP contribution in [0.2, 0.25) is 0 Å². The molecule has 0 heterocycles. The number of nitrogens with two attached hydrogens (primary N) is 2. The Morgan fingerprint density at radius 1 is 1.58 bits per heavy atom. The van der Waals surface area contributed by atoms with Crippen LogP contribution >= 0.6 is 11.8 Å². The molecule has 72 valence electrons. The fourth-order valence-corrected chi connectivity index (χ4v) is 1.72. The van der Waals surface area contributed by atoms with Crippen molar-refractivity contribution < 1.29 is 13.0 Å². The summed E-state index contributed by atoms with van der Waals surface area (Å²) >= 11 is 1.14. The van der Waals surface area contributed by atoms with Crippen LogP contribution in [0, 0.1) is 0 Å². The highest BCUT2D eigenvalue weighted by molar-refractivity contribution is 8.13. The van der Waals surface area contributed by atoms with Gasteiger partial charge in [0.05, 0.1) is 5.75 Å². The van der Waals surface area contributed by atoms with E-state index in [0.717, 1.165) is 11.8 Å². The summed E-state index contributed by atoms with van der Waals surface area (Å²) < 4.78 is 28.7. The third kappa shape index (κ3) is 7.63. The number of nitrogens with zero attached hydrogens (tertiary/aromatic N) is 1. The van der Waals surface area contributed by atoms with Crippen LogP contribution in [-0.4, -0.2) is 29.6 Å². The minimum Gasteiger partial charge on any atom is -0.377 e. The molecule has 0 amide bonds. The van der Waals surface area contributed by atoms with Gasteiger partial charge in [0.25, 0.3) is 10.1 Å². The number of hydrogen-bond donors (Lipinski definition) is 3. The second kappa shape index (κ2) is 5.22. The van der Waals surface area contributed by atoms with Crippen LogP contribution in [0.4, 0.5) is 0 Å². The van der Waals surface area contributed by atoms with Crippen molar-refractivity contribution in [1.82, 2.24) is 0 Å². The van der Waals surface area contributed by atoms with E-state index < -0.39 is 10.1 Å². The van der Waals surface area contributed by atoms with E-state index in [0.29, 0.717) is 12.2 Å². The van der Waals surface area contributed by atoms with Crippen molar-refractivity contribution in [3.63, 3.8) is 0 Å². The zero-order valence-corrected chi connectivity index (χ0v) is 7.94. The average molecular weight is 213 g/mol. The molecule has 0 aromatic rings. The number of rotatable bonds is 4. The van der Waals surface area contributed by atoms with Gasteiger partial charge >= 0.3 is 0 Å². The molecule has 0 aliphatic heterocycles. The zero-order chi connectivity index (χ0) is 9.61. The first-order valence-electron chi connectivity index (χ1n) is 3.07. The van der Waals surface area contributed by atoms with Crippen LogP contribution in [0.3, 0.4) is 0 Å². The summed E-state index contributed by atoms with van der Waals surface area (Å²) in [7, 11) is -3.85. The second-order valence-corrected chi connectivity index (χ2v) is 4.64. The van der Waals surface area contributed by atoms with Gasteiger partial charge in [0.1, 0.15) is 0 Å². The maximum atomic E-state index is 10.2.